The fourth-order valence-corrected chi connectivity index (χ4v) is 6.33. The summed E-state index contributed by atoms with van der Waals surface area (Å²) in [5.41, 5.74) is 4.78. The second-order valence-corrected chi connectivity index (χ2v) is 12.3. The summed E-state index contributed by atoms with van der Waals surface area (Å²) in [6, 6.07) is 16.2. The van der Waals surface area contributed by atoms with Gasteiger partial charge in [0.2, 0.25) is 0 Å². The SMILES string of the molecule is CCCCCCCCc1ccc(-c2ccc(-c3ccc(C4=CCC(CCCCCCC)CC4)c(F)c3)cc2)c(F)c1F. The Morgan fingerprint density at radius 1 is 0.619 bits per heavy atom. The van der Waals surface area contributed by atoms with Crippen molar-refractivity contribution < 1.29 is 13.2 Å². The van der Waals surface area contributed by atoms with E-state index in [1.165, 1.54) is 57.8 Å². The third kappa shape index (κ3) is 8.85. The van der Waals surface area contributed by atoms with Gasteiger partial charge in [-0.2, -0.15) is 0 Å². The van der Waals surface area contributed by atoms with E-state index >= 15 is 8.78 Å². The van der Waals surface area contributed by atoms with Gasteiger partial charge in [0.05, 0.1) is 0 Å². The van der Waals surface area contributed by atoms with Crippen molar-refractivity contribution in [1.82, 2.24) is 0 Å². The Morgan fingerprint density at radius 2 is 1.24 bits per heavy atom. The summed E-state index contributed by atoms with van der Waals surface area (Å²) in [5, 5.41) is 0. The normalized spacial score (nSPS) is 15.2. The average Bonchev–Trinajstić information content (AvgIpc) is 3.01. The van der Waals surface area contributed by atoms with Crippen LogP contribution < -0.4 is 0 Å². The Hall–Kier alpha value is -2.81. The molecule has 0 aliphatic heterocycles. The van der Waals surface area contributed by atoms with Crippen molar-refractivity contribution in [3.8, 4) is 22.3 Å². The molecule has 0 spiro atoms. The van der Waals surface area contributed by atoms with Gasteiger partial charge in [-0.15, -0.1) is 0 Å². The minimum absolute atomic E-state index is 0.199. The van der Waals surface area contributed by atoms with Gasteiger partial charge in [-0.3, -0.25) is 0 Å². The lowest BCUT2D eigenvalue weighted by molar-refractivity contribution is 0.423. The lowest BCUT2D eigenvalue weighted by Crippen LogP contribution is -2.06. The number of rotatable bonds is 16. The summed E-state index contributed by atoms with van der Waals surface area (Å²) < 4.78 is 45.1. The van der Waals surface area contributed by atoms with Gasteiger partial charge in [0.1, 0.15) is 5.82 Å². The van der Waals surface area contributed by atoms with Gasteiger partial charge in [0, 0.05) is 11.1 Å². The molecule has 0 fully saturated rings. The number of hydrogen-bond donors (Lipinski definition) is 0. The maximum absolute atomic E-state index is 15.3. The second kappa shape index (κ2) is 16.7. The van der Waals surface area contributed by atoms with E-state index in [0.29, 0.717) is 23.1 Å². The Kier molecular flexibility index (Phi) is 12.8. The first-order chi connectivity index (χ1) is 20.5. The van der Waals surface area contributed by atoms with Gasteiger partial charge in [-0.25, -0.2) is 13.2 Å². The largest absolute Gasteiger partial charge is 0.206 e. The van der Waals surface area contributed by atoms with E-state index in [0.717, 1.165) is 61.1 Å². The predicted molar refractivity (Wildman–Crippen MR) is 173 cm³/mol. The topological polar surface area (TPSA) is 0 Å². The van der Waals surface area contributed by atoms with Gasteiger partial charge in [0.25, 0.3) is 0 Å². The highest BCUT2D eigenvalue weighted by Crippen LogP contribution is 2.36. The molecule has 1 unspecified atom stereocenters. The predicted octanol–water partition coefficient (Wildman–Crippen LogP) is 12.9. The van der Waals surface area contributed by atoms with Crippen molar-refractivity contribution in [2.45, 2.75) is 117 Å². The van der Waals surface area contributed by atoms with Crippen molar-refractivity contribution in [2.24, 2.45) is 5.92 Å². The Morgan fingerprint density at radius 3 is 1.90 bits per heavy atom. The van der Waals surface area contributed by atoms with Crippen LogP contribution in [0.3, 0.4) is 0 Å². The van der Waals surface area contributed by atoms with Crippen molar-refractivity contribution in [2.75, 3.05) is 0 Å². The van der Waals surface area contributed by atoms with E-state index in [9.17, 15) is 4.39 Å². The third-order valence-electron chi connectivity index (χ3n) is 9.04. The lowest BCUT2D eigenvalue weighted by atomic mass is 9.83. The molecule has 0 heterocycles. The Bertz CT molecular complexity index is 1290. The molecule has 0 aromatic heterocycles. The standard InChI is InChI=1S/C39H49F3/c1-3-5-7-9-11-13-15-33-24-27-36(39(42)38(33)41)32-22-20-30(21-23-32)34-25-26-35(37(40)28-34)31-18-16-29(17-19-31)14-12-10-8-6-4-2/h18,20-29H,3-17,19H2,1-2H3. The van der Waals surface area contributed by atoms with Crippen LogP contribution in [0.15, 0.2) is 60.7 Å². The van der Waals surface area contributed by atoms with Crippen molar-refractivity contribution >= 4 is 5.57 Å². The number of halogens is 3. The van der Waals surface area contributed by atoms with Gasteiger partial charge in [-0.1, -0.05) is 139 Å². The Balaban J connectivity index is 1.35. The fraction of sp³-hybridized carbons (Fsp3) is 0.487. The molecule has 1 atom stereocenters. The fourth-order valence-electron chi connectivity index (χ4n) is 6.33. The molecule has 0 radical (unpaired) electrons. The quantitative estimate of drug-likeness (QED) is 0.149. The Labute approximate surface area is 252 Å². The summed E-state index contributed by atoms with van der Waals surface area (Å²) in [7, 11) is 0. The number of hydrogen-bond acceptors (Lipinski definition) is 0. The van der Waals surface area contributed by atoms with Crippen molar-refractivity contribution in [3.05, 3.63) is 89.3 Å². The van der Waals surface area contributed by atoms with Gasteiger partial charge >= 0.3 is 0 Å². The molecular weight excluding hydrogens is 525 g/mol. The highest BCUT2D eigenvalue weighted by Gasteiger charge is 2.18. The van der Waals surface area contributed by atoms with Crippen LogP contribution in [0.1, 0.15) is 121 Å². The van der Waals surface area contributed by atoms with E-state index in [1.54, 1.807) is 30.3 Å². The highest BCUT2D eigenvalue weighted by molar-refractivity contribution is 5.74. The molecule has 0 N–H and O–H groups in total. The van der Waals surface area contributed by atoms with E-state index in [-0.39, 0.29) is 11.4 Å². The van der Waals surface area contributed by atoms with Crippen LogP contribution in [0.5, 0.6) is 0 Å². The van der Waals surface area contributed by atoms with Crippen LogP contribution >= 0.6 is 0 Å². The van der Waals surface area contributed by atoms with E-state index < -0.39 is 11.6 Å². The molecular formula is C39H49F3. The molecule has 0 amide bonds. The van der Waals surface area contributed by atoms with Crippen molar-refractivity contribution in [1.29, 1.82) is 0 Å². The van der Waals surface area contributed by atoms with Crippen LogP contribution in [0.2, 0.25) is 0 Å². The number of benzene rings is 3. The zero-order chi connectivity index (χ0) is 29.7. The summed E-state index contributed by atoms with van der Waals surface area (Å²) in [5.74, 6) is -1.000. The van der Waals surface area contributed by atoms with E-state index in [1.807, 2.05) is 24.3 Å². The maximum Gasteiger partial charge on any atom is 0.166 e. The molecule has 0 bridgehead atoms. The highest BCUT2D eigenvalue weighted by atomic mass is 19.2. The first kappa shape index (κ1) is 32.1. The zero-order valence-corrected chi connectivity index (χ0v) is 25.8. The van der Waals surface area contributed by atoms with Crippen LogP contribution in [-0.4, -0.2) is 0 Å². The molecule has 226 valence electrons. The summed E-state index contributed by atoms with van der Waals surface area (Å²) in [4.78, 5) is 0. The van der Waals surface area contributed by atoms with Crippen LogP contribution in [0.25, 0.3) is 27.8 Å². The monoisotopic (exact) mass is 574 g/mol. The molecule has 0 nitrogen and oxygen atoms in total. The van der Waals surface area contributed by atoms with Gasteiger partial charge in [0.15, 0.2) is 11.6 Å². The molecule has 3 heteroatoms. The molecule has 42 heavy (non-hydrogen) atoms. The summed E-state index contributed by atoms with van der Waals surface area (Å²) >= 11 is 0. The smallest absolute Gasteiger partial charge is 0.166 e. The van der Waals surface area contributed by atoms with E-state index in [4.69, 9.17) is 0 Å². The molecule has 1 aliphatic rings. The molecule has 4 rings (SSSR count). The third-order valence-corrected chi connectivity index (χ3v) is 9.04. The van der Waals surface area contributed by atoms with Crippen LogP contribution in [-0.2, 0) is 6.42 Å². The zero-order valence-electron chi connectivity index (χ0n) is 25.8. The first-order valence-electron chi connectivity index (χ1n) is 16.6. The maximum atomic E-state index is 15.3. The summed E-state index contributed by atoms with van der Waals surface area (Å²) in [6.45, 7) is 4.43. The van der Waals surface area contributed by atoms with Crippen molar-refractivity contribution in [3.63, 3.8) is 0 Å². The second-order valence-electron chi connectivity index (χ2n) is 12.3. The first-order valence-corrected chi connectivity index (χ1v) is 16.6. The van der Waals surface area contributed by atoms with Gasteiger partial charge < -0.3 is 0 Å². The van der Waals surface area contributed by atoms with Crippen LogP contribution in [0.4, 0.5) is 13.2 Å². The minimum Gasteiger partial charge on any atom is -0.206 e. The minimum atomic E-state index is -0.791. The van der Waals surface area contributed by atoms with E-state index in [2.05, 4.69) is 19.9 Å². The molecule has 3 aromatic carbocycles. The molecule has 0 saturated carbocycles. The summed E-state index contributed by atoms with van der Waals surface area (Å²) in [6.07, 6.45) is 20.5. The van der Waals surface area contributed by atoms with Crippen LogP contribution in [0, 0.1) is 23.4 Å². The number of aryl methyl sites for hydroxylation is 1. The number of unbranched alkanes of at least 4 members (excludes halogenated alkanes) is 9. The molecule has 3 aromatic rings. The molecule has 0 saturated heterocycles. The van der Waals surface area contributed by atoms with Gasteiger partial charge in [-0.05, 0) is 71.9 Å². The average molecular weight is 575 g/mol. The number of allylic oxidation sites excluding steroid dienone is 2. The lowest BCUT2D eigenvalue weighted by Gasteiger charge is -2.22. The molecule has 1 aliphatic carbocycles.